The SMILES string of the molecule is CCCCC(NC1CCC(=O)NC1)C(=O)O. The third-order valence-electron chi connectivity index (χ3n) is 2.85. The third kappa shape index (κ3) is 4.18. The monoisotopic (exact) mass is 228 g/mol. The lowest BCUT2D eigenvalue weighted by Gasteiger charge is -2.26. The smallest absolute Gasteiger partial charge is 0.320 e. The molecule has 5 heteroatoms. The van der Waals surface area contributed by atoms with Gasteiger partial charge in [-0.1, -0.05) is 19.8 Å². The van der Waals surface area contributed by atoms with Crippen molar-refractivity contribution in [1.82, 2.24) is 10.6 Å². The van der Waals surface area contributed by atoms with Gasteiger partial charge in [-0.3, -0.25) is 14.9 Å². The third-order valence-corrected chi connectivity index (χ3v) is 2.85. The first-order chi connectivity index (χ1) is 7.63. The normalized spacial score (nSPS) is 22.6. The maximum atomic E-state index is 11.0. The molecule has 0 aromatic carbocycles. The van der Waals surface area contributed by atoms with E-state index >= 15 is 0 Å². The summed E-state index contributed by atoms with van der Waals surface area (Å²) in [5, 5.41) is 14.9. The molecule has 0 saturated carbocycles. The molecule has 2 atom stereocenters. The van der Waals surface area contributed by atoms with Gasteiger partial charge in [0.05, 0.1) is 0 Å². The van der Waals surface area contributed by atoms with E-state index in [-0.39, 0.29) is 11.9 Å². The zero-order valence-corrected chi connectivity index (χ0v) is 9.66. The number of carboxylic acids is 1. The zero-order valence-electron chi connectivity index (χ0n) is 9.66. The molecule has 92 valence electrons. The largest absolute Gasteiger partial charge is 0.480 e. The maximum absolute atomic E-state index is 11.0. The van der Waals surface area contributed by atoms with E-state index in [4.69, 9.17) is 5.11 Å². The van der Waals surface area contributed by atoms with Gasteiger partial charge in [0.25, 0.3) is 0 Å². The van der Waals surface area contributed by atoms with Crippen LogP contribution in [0.5, 0.6) is 0 Å². The first kappa shape index (κ1) is 13.0. The van der Waals surface area contributed by atoms with E-state index < -0.39 is 12.0 Å². The molecule has 16 heavy (non-hydrogen) atoms. The van der Waals surface area contributed by atoms with Gasteiger partial charge in [0, 0.05) is 19.0 Å². The van der Waals surface area contributed by atoms with Crippen LogP contribution in [0.25, 0.3) is 0 Å². The van der Waals surface area contributed by atoms with Gasteiger partial charge in [0.1, 0.15) is 6.04 Å². The summed E-state index contributed by atoms with van der Waals surface area (Å²) in [6, 6.07) is -0.393. The van der Waals surface area contributed by atoms with Crippen LogP contribution in [0, 0.1) is 0 Å². The first-order valence-electron chi connectivity index (χ1n) is 5.89. The fourth-order valence-electron chi connectivity index (χ4n) is 1.85. The molecule has 0 spiro atoms. The summed E-state index contributed by atoms with van der Waals surface area (Å²) in [5.74, 6) is -0.746. The number of piperidine rings is 1. The molecule has 5 nitrogen and oxygen atoms in total. The number of carbonyl (C=O) groups is 2. The van der Waals surface area contributed by atoms with Gasteiger partial charge in [-0.15, -0.1) is 0 Å². The van der Waals surface area contributed by atoms with Crippen molar-refractivity contribution in [2.75, 3.05) is 6.54 Å². The molecule has 0 bridgehead atoms. The van der Waals surface area contributed by atoms with E-state index in [1.807, 2.05) is 6.92 Å². The van der Waals surface area contributed by atoms with Crippen LogP contribution >= 0.6 is 0 Å². The van der Waals surface area contributed by atoms with Crippen LogP contribution in [0.4, 0.5) is 0 Å². The van der Waals surface area contributed by atoms with Gasteiger partial charge in [0.15, 0.2) is 0 Å². The van der Waals surface area contributed by atoms with Crippen LogP contribution < -0.4 is 10.6 Å². The molecule has 1 aliphatic heterocycles. The van der Waals surface area contributed by atoms with E-state index in [2.05, 4.69) is 10.6 Å². The second-order valence-corrected chi connectivity index (χ2v) is 4.24. The molecule has 3 N–H and O–H groups in total. The van der Waals surface area contributed by atoms with Crippen LogP contribution in [-0.2, 0) is 9.59 Å². The lowest BCUT2D eigenvalue weighted by Crippen LogP contribution is -2.51. The van der Waals surface area contributed by atoms with Gasteiger partial charge < -0.3 is 10.4 Å². The summed E-state index contributed by atoms with van der Waals surface area (Å²) >= 11 is 0. The topological polar surface area (TPSA) is 78.4 Å². The van der Waals surface area contributed by atoms with Crippen molar-refractivity contribution in [3.8, 4) is 0 Å². The molecule has 0 radical (unpaired) electrons. The van der Waals surface area contributed by atoms with Gasteiger partial charge in [-0.05, 0) is 12.8 Å². The molecule has 1 aliphatic rings. The van der Waals surface area contributed by atoms with E-state index in [9.17, 15) is 9.59 Å². The standard InChI is InChI=1S/C11H20N2O3/c1-2-3-4-9(11(15)16)13-8-5-6-10(14)12-7-8/h8-9,13H,2-7H2,1H3,(H,12,14)(H,15,16). The molecule has 0 aromatic heterocycles. The molecule has 1 saturated heterocycles. The number of hydrogen-bond donors (Lipinski definition) is 3. The number of nitrogens with one attached hydrogen (secondary N) is 2. The summed E-state index contributed by atoms with van der Waals surface area (Å²) in [6.45, 7) is 2.58. The quantitative estimate of drug-likeness (QED) is 0.618. The molecule has 1 amide bonds. The van der Waals surface area contributed by atoms with Gasteiger partial charge in [-0.2, -0.15) is 0 Å². The van der Waals surface area contributed by atoms with Crippen LogP contribution in [0.3, 0.4) is 0 Å². The minimum atomic E-state index is -0.801. The minimum Gasteiger partial charge on any atom is -0.480 e. The highest BCUT2D eigenvalue weighted by molar-refractivity contribution is 5.77. The molecular formula is C11H20N2O3. The predicted molar refractivity (Wildman–Crippen MR) is 60.1 cm³/mol. The summed E-state index contributed by atoms with van der Waals surface area (Å²) in [4.78, 5) is 21.9. The minimum absolute atomic E-state index is 0.0542. The fraction of sp³-hybridized carbons (Fsp3) is 0.818. The Morgan fingerprint density at radius 3 is 2.94 bits per heavy atom. The molecular weight excluding hydrogens is 208 g/mol. The van der Waals surface area contributed by atoms with Crippen molar-refractivity contribution >= 4 is 11.9 Å². The number of carboxylic acid groups (broad SMARTS) is 1. The molecule has 0 aliphatic carbocycles. The molecule has 1 heterocycles. The average Bonchev–Trinajstić information content (AvgIpc) is 2.26. The highest BCUT2D eigenvalue weighted by Crippen LogP contribution is 2.07. The van der Waals surface area contributed by atoms with E-state index in [0.717, 1.165) is 19.3 Å². The number of amides is 1. The first-order valence-corrected chi connectivity index (χ1v) is 5.89. The predicted octanol–water partition coefficient (Wildman–Crippen LogP) is 0.498. The van der Waals surface area contributed by atoms with Crippen molar-refractivity contribution in [2.45, 2.75) is 51.1 Å². The van der Waals surface area contributed by atoms with Gasteiger partial charge in [-0.25, -0.2) is 0 Å². The molecule has 1 rings (SSSR count). The van der Waals surface area contributed by atoms with E-state index in [1.54, 1.807) is 0 Å². The Kier molecular flexibility index (Phi) is 5.25. The number of aliphatic carboxylic acids is 1. The highest BCUT2D eigenvalue weighted by Gasteiger charge is 2.24. The summed E-state index contributed by atoms with van der Waals surface area (Å²) in [5.41, 5.74) is 0. The fourth-order valence-corrected chi connectivity index (χ4v) is 1.85. The Labute approximate surface area is 95.6 Å². The van der Waals surface area contributed by atoms with Crippen molar-refractivity contribution in [1.29, 1.82) is 0 Å². The zero-order chi connectivity index (χ0) is 12.0. The van der Waals surface area contributed by atoms with Crippen molar-refractivity contribution in [3.05, 3.63) is 0 Å². The number of rotatable bonds is 6. The molecule has 2 unspecified atom stereocenters. The lowest BCUT2D eigenvalue weighted by molar-refractivity contribution is -0.140. The second kappa shape index (κ2) is 6.48. The van der Waals surface area contributed by atoms with E-state index in [1.165, 1.54) is 0 Å². The number of unbranched alkanes of at least 4 members (excludes halogenated alkanes) is 1. The molecule has 1 fully saturated rings. The Bertz CT molecular complexity index is 246. The Morgan fingerprint density at radius 2 is 2.44 bits per heavy atom. The van der Waals surface area contributed by atoms with Crippen LogP contribution in [-0.4, -0.2) is 35.6 Å². The Balaban J connectivity index is 2.36. The lowest BCUT2D eigenvalue weighted by atomic mass is 10.0. The van der Waals surface area contributed by atoms with Crippen molar-refractivity contribution in [3.63, 3.8) is 0 Å². The average molecular weight is 228 g/mol. The summed E-state index contributed by atoms with van der Waals surface area (Å²) < 4.78 is 0. The van der Waals surface area contributed by atoms with Crippen LogP contribution in [0.2, 0.25) is 0 Å². The Morgan fingerprint density at radius 1 is 1.69 bits per heavy atom. The highest BCUT2D eigenvalue weighted by atomic mass is 16.4. The van der Waals surface area contributed by atoms with Crippen LogP contribution in [0.15, 0.2) is 0 Å². The van der Waals surface area contributed by atoms with Gasteiger partial charge in [0.2, 0.25) is 5.91 Å². The molecule has 0 aromatic rings. The van der Waals surface area contributed by atoms with Crippen molar-refractivity contribution < 1.29 is 14.7 Å². The van der Waals surface area contributed by atoms with Crippen LogP contribution in [0.1, 0.15) is 39.0 Å². The number of hydrogen-bond acceptors (Lipinski definition) is 3. The second-order valence-electron chi connectivity index (χ2n) is 4.24. The Hall–Kier alpha value is -1.10. The summed E-state index contributed by atoms with van der Waals surface area (Å²) in [7, 11) is 0. The summed E-state index contributed by atoms with van der Waals surface area (Å²) in [6.07, 6.45) is 3.76. The van der Waals surface area contributed by atoms with Crippen molar-refractivity contribution in [2.24, 2.45) is 0 Å². The maximum Gasteiger partial charge on any atom is 0.320 e. The number of carbonyl (C=O) groups excluding carboxylic acids is 1. The van der Waals surface area contributed by atoms with E-state index in [0.29, 0.717) is 19.4 Å². The van der Waals surface area contributed by atoms with Gasteiger partial charge >= 0.3 is 5.97 Å².